The summed E-state index contributed by atoms with van der Waals surface area (Å²) in [5.74, 6) is 1.73. The maximum atomic E-state index is 4.28. The standard InChI is InChI=1S/C10H18N4/c1-4-11-5-6-12-10-7-8(2)13-9(3)14-10/h7,11H,4-6H2,1-3H3,(H,12,13,14). The maximum absolute atomic E-state index is 4.28. The van der Waals surface area contributed by atoms with Crippen molar-refractivity contribution in [3.8, 4) is 0 Å². The molecule has 2 N–H and O–H groups in total. The van der Waals surface area contributed by atoms with Crippen molar-refractivity contribution in [2.45, 2.75) is 20.8 Å². The number of rotatable bonds is 5. The summed E-state index contributed by atoms with van der Waals surface area (Å²) in [6.45, 7) is 8.83. The van der Waals surface area contributed by atoms with Crippen molar-refractivity contribution in [3.05, 3.63) is 17.6 Å². The second-order valence-electron chi connectivity index (χ2n) is 3.22. The minimum absolute atomic E-state index is 0.816. The van der Waals surface area contributed by atoms with Crippen LogP contribution in [0.3, 0.4) is 0 Å². The quantitative estimate of drug-likeness (QED) is 0.690. The number of likely N-dealkylation sites (N-methyl/N-ethyl adjacent to an activating group) is 1. The van der Waals surface area contributed by atoms with Gasteiger partial charge >= 0.3 is 0 Å². The third-order valence-corrected chi connectivity index (χ3v) is 1.82. The molecule has 0 spiro atoms. The second-order valence-corrected chi connectivity index (χ2v) is 3.22. The van der Waals surface area contributed by atoms with Gasteiger partial charge in [-0.15, -0.1) is 0 Å². The number of hydrogen-bond donors (Lipinski definition) is 2. The number of nitrogens with zero attached hydrogens (tertiary/aromatic N) is 2. The molecule has 0 radical (unpaired) electrons. The molecule has 14 heavy (non-hydrogen) atoms. The van der Waals surface area contributed by atoms with Gasteiger partial charge < -0.3 is 10.6 Å². The van der Waals surface area contributed by atoms with Crippen LogP contribution in [0, 0.1) is 13.8 Å². The van der Waals surface area contributed by atoms with Crippen LogP contribution in [0.4, 0.5) is 5.82 Å². The van der Waals surface area contributed by atoms with Crippen molar-refractivity contribution >= 4 is 5.82 Å². The Bertz CT molecular complexity index is 265. The summed E-state index contributed by atoms with van der Waals surface area (Å²) in [5, 5.41) is 6.49. The highest BCUT2D eigenvalue weighted by molar-refractivity contribution is 5.35. The Morgan fingerprint density at radius 1 is 1.21 bits per heavy atom. The SMILES string of the molecule is CCNCCNc1cc(C)nc(C)n1. The normalized spacial score (nSPS) is 10.2. The lowest BCUT2D eigenvalue weighted by atomic mass is 10.4. The van der Waals surface area contributed by atoms with Gasteiger partial charge in [-0.25, -0.2) is 9.97 Å². The zero-order valence-electron chi connectivity index (χ0n) is 9.09. The molecule has 0 saturated carbocycles. The van der Waals surface area contributed by atoms with Gasteiger partial charge in [0.2, 0.25) is 0 Å². The fraction of sp³-hybridized carbons (Fsp3) is 0.600. The zero-order valence-corrected chi connectivity index (χ0v) is 9.09. The average molecular weight is 194 g/mol. The first kappa shape index (κ1) is 10.9. The van der Waals surface area contributed by atoms with Crippen LogP contribution in [-0.4, -0.2) is 29.6 Å². The van der Waals surface area contributed by atoms with E-state index in [1.54, 1.807) is 0 Å². The van der Waals surface area contributed by atoms with E-state index in [0.29, 0.717) is 0 Å². The summed E-state index contributed by atoms with van der Waals surface area (Å²) in [5.41, 5.74) is 1.00. The zero-order chi connectivity index (χ0) is 10.4. The third kappa shape index (κ3) is 3.70. The van der Waals surface area contributed by atoms with E-state index in [1.165, 1.54) is 0 Å². The molecule has 0 aliphatic rings. The molecule has 0 fully saturated rings. The molecule has 78 valence electrons. The largest absolute Gasteiger partial charge is 0.369 e. The van der Waals surface area contributed by atoms with Crippen molar-refractivity contribution in [1.82, 2.24) is 15.3 Å². The monoisotopic (exact) mass is 194 g/mol. The van der Waals surface area contributed by atoms with Crippen LogP contribution in [0.2, 0.25) is 0 Å². The van der Waals surface area contributed by atoms with Gasteiger partial charge in [0.15, 0.2) is 0 Å². The van der Waals surface area contributed by atoms with Crippen LogP contribution in [-0.2, 0) is 0 Å². The van der Waals surface area contributed by atoms with E-state index in [0.717, 1.165) is 37.0 Å². The first-order valence-corrected chi connectivity index (χ1v) is 4.99. The Balaban J connectivity index is 2.42. The van der Waals surface area contributed by atoms with Gasteiger partial charge in [0.05, 0.1) is 0 Å². The summed E-state index contributed by atoms with van der Waals surface area (Å²) in [6.07, 6.45) is 0. The number of aromatic nitrogens is 2. The van der Waals surface area contributed by atoms with Crippen LogP contribution < -0.4 is 10.6 Å². The van der Waals surface area contributed by atoms with Crippen molar-refractivity contribution in [3.63, 3.8) is 0 Å². The minimum Gasteiger partial charge on any atom is -0.369 e. The molecule has 1 aromatic heterocycles. The molecule has 0 bridgehead atoms. The van der Waals surface area contributed by atoms with Crippen LogP contribution in [0.5, 0.6) is 0 Å². The highest BCUT2D eigenvalue weighted by Crippen LogP contribution is 2.04. The molecule has 0 unspecified atom stereocenters. The number of nitrogens with one attached hydrogen (secondary N) is 2. The van der Waals surface area contributed by atoms with Gasteiger partial charge in [0.1, 0.15) is 11.6 Å². The molecular formula is C10H18N4. The molecule has 0 amide bonds. The predicted molar refractivity (Wildman–Crippen MR) is 58.5 cm³/mol. The molecule has 0 aliphatic carbocycles. The van der Waals surface area contributed by atoms with Crippen LogP contribution >= 0.6 is 0 Å². The Hall–Kier alpha value is -1.16. The Morgan fingerprint density at radius 2 is 2.00 bits per heavy atom. The van der Waals surface area contributed by atoms with E-state index in [9.17, 15) is 0 Å². The molecule has 1 aromatic rings. The van der Waals surface area contributed by atoms with E-state index < -0.39 is 0 Å². The van der Waals surface area contributed by atoms with Gasteiger partial charge in [-0.1, -0.05) is 6.92 Å². The second kappa shape index (κ2) is 5.54. The topological polar surface area (TPSA) is 49.8 Å². The molecule has 1 heterocycles. The molecule has 0 atom stereocenters. The van der Waals surface area contributed by atoms with Gasteiger partial charge in [0.25, 0.3) is 0 Å². The predicted octanol–water partition coefficient (Wildman–Crippen LogP) is 1.11. The van der Waals surface area contributed by atoms with Gasteiger partial charge in [-0.05, 0) is 20.4 Å². The Morgan fingerprint density at radius 3 is 2.64 bits per heavy atom. The maximum Gasteiger partial charge on any atom is 0.129 e. The van der Waals surface area contributed by atoms with E-state index in [-0.39, 0.29) is 0 Å². The molecule has 0 saturated heterocycles. The van der Waals surface area contributed by atoms with Gasteiger partial charge in [-0.3, -0.25) is 0 Å². The third-order valence-electron chi connectivity index (χ3n) is 1.82. The van der Waals surface area contributed by atoms with E-state index >= 15 is 0 Å². The highest BCUT2D eigenvalue weighted by atomic mass is 15.0. The number of hydrogen-bond acceptors (Lipinski definition) is 4. The van der Waals surface area contributed by atoms with Gasteiger partial charge in [-0.2, -0.15) is 0 Å². The summed E-state index contributed by atoms with van der Waals surface area (Å²) in [6, 6.07) is 1.96. The minimum atomic E-state index is 0.816. The van der Waals surface area contributed by atoms with E-state index in [1.807, 2.05) is 19.9 Å². The summed E-state index contributed by atoms with van der Waals surface area (Å²) in [7, 11) is 0. The van der Waals surface area contributed by atoms with Crippen LogP contribution in [0.1, 0.15) is 18.4 Å². The first-order chi connectivity index (χ1) is 6.72. The Labute approximate surface area is 85.2 Å². The molecular weight excluding hydrogens is 176 g/mol. The number of aryl methyl sites for hydroxylation is 2. The average Bonchev–Trinajstić information content (AvgIpc) is 2.11. The summed E-state index contributed by atoms with van der Waals surface area (Å²) >= 11 is 0. The first-order valence-electron chi connectivity index (χ1n) is 4.99. The molecule has 4 nitrogen and oxygen atoms in total. The van der Waals surface area contributed by atoms with Crippen LogP contribution in [0.25, 0.3) is 0 Å². The van der Waals surface area contributed by atoms with Crippen molar-refractivity contribution < 1.29 is 0 Å². The lowest BCUT2D eigenvalue weighted by molar-refractivity contribution is 0.737. The molecule has 0 aromatic carbocycles. The van der Waals surface area contributed by atoms with Crippen molar-refractivity contribution in [1.29, 1.82) is 0 Å². The lowest BCUT2D eigenvalue weighted by Gasteiger charge is -2.06. The highest BCUT2D eigenvalue weighted by Gasteiger charge is 1.96. The fourth-order valence-electron chi connectivity index (χ4n) is 1.26. The van der Waals surface area contributed by atoms with Gasteiger partial charge in [0, 0.05) is 24.8 Å². The number of anilines is 1. The summed E-state index contributed by atoms with van der Waals surface area (Å²) < 4.78 is 0. The van der Waals surface area contributed by atoms with E-state index in [4.69, 9.17) is 0 Å². The van der Waals surface area contributed by atoms with Crippen LogP contribution in [0.15, 0.2) is 6.07 Å². The fourth-order valence-corrected chi connectivity index (χ4v) is 1.26. The smallest absolute Gasteiger partial charge is 0.129 e. The lowest BCUT2D eigenvalue weighted by Crippen LogP contribution is -2.22. The van der Waals surface area contributed by atoms with E-state index in [2.05, 4.69) is 27.5 Å². The molecule has 1 rings (SSSR count). The summed E-state index contributed by atoms with van der Waals surface area (Å²) in [4.78, 5) is 8.49. The van der Waals surface area contributed by atoms with Crippen molar-refractivity contribution in [2.75, 3.05) is 25.0 Å². The van der Waals surface area contributed by atoms with Crippen molar-refractivity contribution in [2.24, 2.45) is 0 Å². The molecule has 4 heteroatoms. The molecule has 0 aliphatic heterocycles. The Kier molecular flexibility index (Phi) is 4.32.